The summed E-state index contributed by atoms with van der Waals surface area (Å²) in [5.74, 6) is 0. The summed E-state index contributed by atoms with van der Waals surface area (Å²) in [6, 6.07) is 0. The van der Waals surface area contributed by atoms with E-state index in [1.54, 1.807) is 0 Å². The molecule has 3 nitrogen and oxygen atoms in total. The summed E-state index contributed by atoms with van der Waals surface area (Å²) in [6.45, 7) is 5.23. The van der Waals surface area contributed by atoms with Crippen LogP contribution in [0.3, 0.4) is 0 Å². The Kier molecular flexibility index (Phi) is 2.76. The highest BCUT2D eigenvalue weighted by molar-refractivity contribution is 4.89. The quantitative estimate of drug-likeness (QED) is 0.566. The summed E-state index contributed by atoms with van der Waals surface area (Å²) in [5, 5.41) is 3.34. The van der Waals surface area contributed by atoms with Crippen LogP contribution >= 0.6 is 0 Å². The lowest BCUT2D eigenvalue weighted by Crippen LogP contribution is -2.49. The van der Waals surface area contributed by atoms with E-state index < -0.39 is 0 Å². The molecule has 12 heavy (non-hydrogen) atoms. The van der Waals surface area contributed by atoms with Crippen molar-refractivity contribution in [1.29, 1.82) is 0 Å². The highest BCUT2D eigenvalue weighted by atomic mass is 16.5. The maximum absolute atomic E-state index is 5.63. The van der Waals surface area contributed by atoms with E-state index in [1.807, 2.05) is 0 Å². The summed E-state index contributed by atoms with van der Waals surface area (Å²) in [4.78, 5) is 2.42. The van der Waals surface area contributed by atoms with Gasteiger partial charge in [0.2, 0.25) is 0 Å². The van der Waals surface area contributed by atoms with Crippen molar-refractivity contribution < 1.29 is 4.74 Å². The Morgan fingerprint density at radius 1 is 1.25 bits per heavy atom. The molecule has 1 N–H and O–H groups in total. The Labute approximate surface area is 73.4 Å². The number of nitrogens with one attached hydrogen (secondary N) is 1. The van der Waals surface area contributed by atoms with Gasteiger partial charge in [0.1, 0.15) is 6.23 Å². The third kappa shape index (κ3) is 1.86. The van der Waals surface area contributed by atoms with Crippen molar-refractivity contribution in [3.05, 3.63) is 12.2 Å². The molecule has 68 valence electrons. The molecule has 1 saturated heterocycles. The third-order valence-electron chi connectivity index (χ3n) is 2.45. The minimum absolute atomic E-state index is 0.345. The Balaban J connectivity index is 1.85. The summed E-state index contributed by atoms with van der Waals surface area (Å²) in [7, 11) is 0. The average molecular weight is 168 g/mol. The molecule has 0 saturated carbocycles. The Bertz CT molecular complexity index is 164. The minimum Gasteiger partial charge on any atom is -0.359 e. The van der Waals surface area contributed by atoms with Crippen LogP contribution in [0.2, 0.25) is 0 Å². The van der Waals surface area contributed by atoms with Gasteiger partial charge in [-0.3, -0.25) is 4.90 Å². The van der Waals surface area contributed by atoms with Crippen molar-refractivity contribution in [2.45, 2.75) is 12.6 Å². The molecule has 2 aliphatic rings. The zero-order valence-electron chi connectivity index (χ0n) is 7.33. The Hall–Kier alpha value is -0.380. The van der Waals surface area contributed by atoms with Gasteiger partial charge in [-0.2, -0.15) is 0 Å². The zero-order valence-corrected chi connectivity index (χ0v) is 7.33. The zero-order chi connectivity index (χ0) is 8.23. The lowest BCUT2D eigenvalue weighted by atomic mass is 10.2. The molecule has 1 atom stereocenters. The van der Waals surface area contributed by atoms with Crippen LogP contribution in [0.4, 0.5) is 0 Å². The molecule has 0 aromatic heterocycles. The van der Waals surface area contributed by atoms with E-state index in [-0.39, 0.29) is 0 Å². The molecular weight excluding hydrogens is 152 g/mol. The summed E-state index contributed by atoms with van der Waals surface area (Å²) >= 11 is 0. The molecule has 0 aliphatic carbocycles. The normalized spacial score (nSPS) is 32.2. The fourth-order valence-electron chi connectivity index (χ4n) is 1.74. The van der Waals surface area contributed by atoms with Crippen LogP contribution in [0.25, 0.3) is 0 Å². The lowest BCUT2D eigenvalue weighted by Gasteiger charge is -2.35. The van der Waals surface area contributed by atoms with E-state index in [0.717, 1.165) is 39.2 Å². The molecule has 0 aromatic rings. The molecule has 2 rings (SSSR count). The van der Waals surface area contributed by atoms with E-state index in [1.165, 1.54) is 0 Å². The van der Waals surface area contributed by atoms with E-state index in [0.29, 0.717) is 6.23 Å². The number of piperazine rings is 1. The lowest BCUT2D eigenvalue weighted by molar-refractivity contribution is -0.0563. The standard InChI is InChI=1S/C9H16N2O/c1-2-8-12-9(3-1)11-6-4-10-5-7-11/h1-2,9-10H,3-8H2. The van der Waals surface area contributed by atoms with Crippen LogP contribution in [0.1, 0.15) is 6.42 Å². The Morgan fingerprint density at radius 3 is 2.75 bits per heavy atom. The molecule has 0 amide bonds. The van der Waals surface area contributed by atoms with E-state index in [2.05, 4.69) is 22.4 Å². The fourth-order valence-corrected chi connectivity index (χ4v) is 1.74. The van der Waals surface area contributed by atoms with Gasteiger partial charge in [-0.25, -0.2) is 0 Å². The van der Waals surface area contributed by atoms with Crippen LogP contribution in [-0.4, -0.2) is 43.9 Å². The number of rotatable bonds is 1. The van der Waals surface area contributed by atoms with Crippen molar-refractivity contribution in [2.75, 3.05) is 32.8 Å². The van der Waals surface area contributed by atoms with Gasteiger partial charge in [0.25, 0.3) is 0 Å². The first-order valence-corrected chi connectivity index (χ1v) is 4.68. The van der Waals surface area contributed by atoms with E-state index >= 15 is 0 Å². The van der Waals surface area contributed by atoms with Crippen LogP contribution in [-0.2, 0) is 4.74 Å². The highest BCUT2D eigenvalue weighted by Gasteiger charge is 2.20. The number of hydrogen-bond acceptors (Lipinski definition) is 3. The van der Waals surface area contributed by atoms with Gasteiger partial charge in [0, 0.05) is 32.6 Å². The molecule has 2 aliphatic heterocycles. The molecule has 3 heteroatoms. The van der Waals surface area contributed by atoms with E-state index in [4.69, 9.17) is 4.74 Å². The fraction of sp³-hybridized carbons (Fsp3) is 0.778. The van der Waals surface area contributed by atoms with Gasteiger partial charge in [-0.15, -0.1) is 0 Å². The second-order valence-electron chi connectivity index (χ2n) is 3.28. The van der Waals surface area contributed by atoms with Gasteiger partial charge in [0.15, 0.2) is 0 Å². The first kappa shape index (κ1) is 8.23. The molecule has 0 radical (unpaired) electrons. The average Bonchev–Trinajstić information content (AvgIpc) is 2.21. The van der Waals surface area contributed by atoms with Crippen molar-refractivity contribution in [3.63, 3.8) is 0 Å². The van der Waals surface area contributed by atoms with Crippen molar-refractivity contribution in [2.24, 2.45) is 0 Å². The smallest absolute Gasteiger partial charge is 0.114 e. The first-order valence-electron chi connectivity index (χ1n) is 4.68. The molecule has 1 fully saturated rings. The number of nitrogens with zero attached hydrogens (tertiary/aromatic N) is 1. The van der Waals surface area contributed by atoms with Crippen LogP contribution in [0.5, 0.6) is 0 Å². The molecular formula is C9H16N2O. The molecule has 2 heterocycles. The first-order chi connectivity index (χ1) is 5.97. The summed E-state index contributed by atoms with van der Waals surface area (Å²) < 4.78 is 5.63. The third-order valence-corrected chi connectivity index (χ3v) is 2.45. The van der Waals surface area contributed by atoms with Gasteiger partial charge >= 0.3 is 0 Å². The van der Waals surface area contributed by atoms with Gasteiger partial charge in [-0.05, 0) is 0 Å². The predicted octanol–water partition coefficient (Wildman–Crippen LogP) is 0.194. The second kappa shape index (κ2) is 4.03. The van der Waals surface area contributed by atoms with Crippen LogP contribution in [0.15, 0.2) is 12.2 Å². The van der Waals surface area contributed by atoms with Crippen molar-refractivity contribution in [1.82, 2.24) is 10.2 Å². The Morgan fingerprint density at radius 2 is 2.08 bits per heavy atom. The van der Waals surface area contributed by atoms with E-state index in [9.17, 15) is 0 Å². The molecule has 0 spiro atoms. The maximum atomic E-state index is 5.63. The van der Waals surface area contributed by atoms with Gasteiger partial charge in [0.05, 0.1) is 6.61 Å². The molecule has 1 unspecified atom stereocenters. The molecule has 0 aromatic carbocycles. The second-order valence-corrected chi connectivity index (χ2v) is 3.28. The topological polar surface area (TPSA) is 24.5 Å². The SMILES string of the molecule is C1=CCC(N2CCNCC2)OC1. The molecule has 0 bridgehead atoms. The monoisotopic (exact) mass is 168 g/mol. The highest BCUT2D eigenvalue weighted by Crippen LogP contribution is 2.11. The predicted molar refractivity (Wildman–Crippen MR) is 47.9 cm³/mol. The number of ether oxygens (including phenoxy) is 1. The van der Waals surface area contributed by atoms with Gasteiger partial charge in [-0.1, -0.05) is 12.2 Å². The van der Waals surface area contributed by atoms with Crippen LogP contribution in [0, 0.1) is 0 Å². The minimum atomic E-state index is 0.345. The summed E-state index contributed by atoms with van der Waals surface area (Å²) in [6.07, 6.45) is 5.71. The van der Waals surface area contributed by atoms with Crippen LogP contribution < -0.4 is 5.32 Å². The van der Waals surface area contributed by atoms with Gasteiger partial charge < -0.3 is 10.1 Å². The number of hydrogen-bond donors (Lipinski definition) is 1. The maximum Gasteiger partial charge on any atom is 0.114 e. The largest absolute Gasteiger partial charge is 0.359 e. The summed E-state index contributed by atoms with van der Waals surface area (Å²) in [5.41, 5.74) is 0. The van der Waals surface area contributed by atoms with Crippen molar-refractivity contribution >= 4 is 0 Å². The van der Waals surface area contributed by atoms with Crippen molar-refractivity contribution in [3.8, 4) is 0 Å².